The highest BCUT2D eigenvalue weighted by molar-refractivity contribution is 9.09. The Labute approximate surface area is 130 Å². The first-order valence-corrected chi connectivity index (χ1v) is 7.73. The van der Waals surface area contributed by atoms with Gasteiger partial charge in [0.05, 0.1) is 5.02 Å². The third kappa shape index (κ3) is 3.95. The summed E-state index contributed by atoms with van der Waals surface area (Å²) in [5.41, 5.74) is 2.11. The molecular weight excluding hydrogens is 350 g/mol. The molecule has 2 rings (SSSR count). The molecule has 0 aromatic heterocycles. The Morgan fingerprint density at radius 3 is 2.32 bits per heavy atom. The summed E-state index contributed by atoms with van der Waals surface area (Å²) >= 11 is 15.1. The molecule has 0 aliphatic carbocycles. The van der Waals surface area contributed by atoms with Crippen molar-refractivity contribution in [1.82, 2.24) is 0 Å². The molecule has 0 saturated heterocycles. The Kier molecular flexibility index (Phi) is 5.26. The van der Waals surface area contributed by atoms with Crippen molar-refractivity contribution in [3.8, 4) is 0 Å². The highest BCUT2D eigenvalue weighted by atomic mass is 79.9. The maximum Gasteiger partial charge on any atom is 0.142 e. The van der Waals surface area contributed by atoms with Gasteiger partial charge in [-0.25, -0.2) is 4.39 Å². The summed E-state index contributed by atoms with van der Waals surface area (Å²) in [4.78, 5) is 0. The second-order valence-electron chi connectivity index (χ2n) is 4.36. The van der Waals surface area contributed by atoms with E-state index in [1.807, 2.05) is 30.3 Å². The molecule has 2 aromatic rings. The average Bonchev–Trinajstić information content (AvgIpc) is 2.41. The Balaban J connectivity index is 2.18. The molecule has 4 heteroatoms. The number of benzene rings is 2. The summed E-state index contributed by atoms with van der Waals surface area (Å²) in [5.74, 6) is -0.0959. The molecule has 1 unspecified atom stereocenters. The molecule has 0 aliphatic heterocycles. The maximum atomic E-state index is 13.4. The first-order valence-electron chi connectivity index (χ1n) is 5.85. The van der Waals surface area contributed by atoms with E-state index in [1.165, 1.54) is 11.6 Å². The van der Waals surface area contributed by atoms with E-state index in [4.69, 9.17) is 23.2 Å². The molecule has 0 nitrogen and oxygen atoms in total. The van der Waals surface area contributed by atoms with E-state index < -0.39 is 0 Å². The lowest BCUT2D eigenvalue weighted by Crippen LogP contribution is -2.04. The van der Waals surface area contributed by atoms with Gasteiger partial charge in [-0.3, -0.25) is 0 Å². The van der Waals surface area contributed by atoms with Gasteiger partial charge in [0.25, 0.3) is 0 Å². The highest BCUT2D eigenvalue weighted by Gasteiger charge is 2.12. The van der Waals surface area contributed by atoms with Crippen LogP contribution in [0.25, 0.3) is 0 Å². The largest absolute Gasteiger partial charge is 0.205 e. The number of hydrogen-bond donors (Lipinski definition) is 0. The van der Waals surface area contributed by atoms with Crippen molar-refractivity contribution >= 4 is 39.1 Å². The molecule has 0 fully saturated rings. The third-order valence-electron chi connectivity index (χ3n) is 2.99. The SMILES string of the molecule is Fc1cc(CC(CBr)c2ccc(Cl)cc2)ccc1Cl. The lowest BCUT2D eigenvalue weighted by Gasteiger charge is -2.15. The zero-order chi connectivity index (χ0) is 13.8. The molecule has 0 radical (unpaired) electrons. The summed E-state index contributed by atoms with van der Waals surface area (Å²) in [7, 11) is 0. The molecule has 100 valence electrons. The molecule has 0 aliphatic rings. The van der Waals surface area contributed by atoms with Gasteiger partial charge in [0.1, 0.15) is 5.82 Å². The summed E-state index contributed by atoms with van der Waals surface area (Å²) in [6.45, 7) is 0. The minimum Gasteiger partial charge on any atom is -0.205 e. The second kappa shape index (κ2) is 6.74. The Morgan fingerprint density at radius 1 is 1.05 bits per heavy atom. The van der Waals surface area contributed by atoms with Gasteiger partial charge < -0.3 is 0 Å². The fraction of sp³-hybridized carbons (Fsp3) is 0.200. The lowest BCUT2D eigenvalue weighted by molar-refractivity contribution is 0.624. The molecule has 19 heavy (non-hydrogen) atoms. The van der Waals surface area contributed by atoms with E-state index in [2.05, 4.69) is 15.9 Å². The first kappa shape index (κ1) is 14.8. The van der Waals surface area contributed by atoms with Gasteiger partial charge in [-0.15, -0.1) is 0 Å². The van der Waals surface area contributed by atoms with Gasteiger partial charge in [-0.1, -0.05) is 57.3 Å². The molecule has 0 bridgehead atoms. The predicted molar refractivity (Wildman–Crippen MR) is 83.1 cm³/mol. The first-order chi connectivity index (χ1) is 9.10. The Bertz CT molecular complexity index is 555. The van der Waals surface area contributed by atoms with Gasteiger partial charge in [-0.2, -0.15) is 0 Å². The van der Waals surface area contributed by atoms with E-state index >= 15 is 0 Å². The summed E-state index contributed by atoms with van der Waals surface area (Å²) in [5, 5.41) is 1.68. The molecule has 0 N–H and O–H groups in total. The molecule has 0 amide bonds. The van der Waals surface area contributed by atoms with E-state index in [1.54, 1.807) is 6.07 Å². The number of rotatable bonds is 4. The fourth-order valence-corrected chi connectivity index (χ4v) is 2.79. The van der Waals surface area contributed by atoms with Crippen LogP contribution < -0.4 is 0 Å². The van der Waals surface area contributed by atoms with Crippen molar-refractivity contribution in [3.05, 3.63) is 69.5 Å². The molecule has 0 saturated carbocycles. The Hall–Kier alpha value is -0.570. The fourth-order valence-electron chi connectivity index (χ4n) is 1.95. The third-order valence-corrected chi connectivity index (χ3v) is 4.33. The minimum absolute atomic E-state index is 0.158. The topological polar surface area (TPSA) is 0 Å². The van der Waals surface area contributed by atoms with Crippen LogP contribution >= 0.6 is 39.1 Å². The normalized spacial score (nSPS) is 12.4. The molecule has 0 spiro atoms. The van der Waals surface area contributed by atoms with Crippen LogP contribution in [0.4, 0.5) is 4.39 Å². The number of hydrogen-bond acceptors (Lipinski definition) is 0. The van der Waals surface area contributed by atoms with Crippen molar-refractivity contribution in [1.29, 1.82) is 0 Å². The maximum absolute atomic E-state index is 13.4. The second-order valence-corrected chi connectivity index (χ2v) is 5.85. The van der Waals surface area contributed by atoms with Crippen molar-refractivity contribution in [2.75, 3.05) is 5.33 Å². The van der Waals surface area contributed by atoms with Crippen molar-refractivity contribution in [2.24, 2.45) is 0 Å². The van der Waals surface area contributed by atoms with E-state index in [0.29, 0.717) is 0 Å². The van der Waals surface area contributed by atoms with Crippen LogP contribution in [-0.2, 0) is 6.42 Å². The summed E-state index contributed by atoms with van der Waals surface area (Å²) < 4.78 is 13.4. The predicted octanol–water partition coefficient (Wildman–Crippen LogP) is 5.85. The smallest absolute Gasteiger partial charge is 0.142 e. The number of alkyl halides is 1. The van der Waals surface area contributed by atoms with Gasteiger partial charge in [0, 0.05) is 10.4 Å². The molecule has 2 aromatic carbocycles. The molecule has 1 atom stereocenters. The molecular formula is C15H12BrCl2F. The van der Waals surface area contributed by atoms with E-state index in [0.717, 1.165) is 22.3 Å². The van der Waals surface area contributed by atoms with Gasteiger partial charge in [0.2, 0.25) is 0 Å². The van der Waals surface area contributed by atoms with Crippen molar-refractivity contribution in [2.45, 2.75) is 12.3 Å². The van der Waals surface area contributed by atoms with Crippen molar-refractivity contribution in [3.63, 3.8) is 0 Å². The molecule has 0 heterocycles. The quantitative estimate of drug-likeness (QED) is 0.599. The van der Waals surface area contributed by atoms with Crippen LogP contribution in [0.1, 0.15) is 17.0 Å². The summed E-state index contributed by atoms with van der Waals surface area (Å²) in [6.07, 6.45) is 0.751. The van der Waals surface area contributed by atoms with Gasteiger partial charge >= 0.3 is 0 Å². The Morgan fingerprint density at radius 2 is 1.74 bits per heavy atom. The minimum atomic E-state index is -0.372. The zero-order valence-corrected chi connectivity index (χ0v) is 13.1. The standard InChI is InChI=1S/C15H12BrCl2F/c16-9-12(11-2-4-13(17)5-3-11)7-10-1-6-14(18)15(19)8-10/h1-6,8,12H,7,9H2. The zero-order valence-electron chi connectivity index (χ0n) is 10.0. The van der Waals surface area contributed by atoms with Crippen LogP contribution in [-0.4, -0.2) is 5.33 Å². The van der Waals surface area contributed by atoms with Gasteiger partial charge in [0.15, 0.2) is 0 Å². The van der Waals surface area contributed by atoms with Crippen LogP contribution in [0.3, 0.4) is 0 Å². The monoisotopic (exact) mass is 360 g/mol. The van der Waals surface area contributed by atoms with Crippen molar-refractivity contribution < 1.29 is 4.39 Å². The lowest BCUT2D eigenvalue weighted by atomic mass is 9.94. The van der Waals surface area contributed by atoms with Crippen LogP contribution in [0.2, 0.25) is 10.0 Å². The highest BCUT2D eigenvalue weighted by Crippen LogP contribution is 2.26. The average molecular weight is 362 g/mol. The van der Waals surface area contributed by atoms with E-state index in [-0.39, 0.29) is 16.8 Å². The van der Waals surface area contributed by atoms with Crippen LogP contribution in [0.15, 0.2) is 42.5 Å². The van der Waals surface area contributed by atoms with Crippen LogP contribution in [0.5, 0.6) is 0 Å². The van der Waals surface area contributed by atoms with E-state index in [9.17, 15) is 4.39 Å². The summed E-state index contributed by atoms with van der Waals surface area (Å²) in [6, 6.07) is 12.7. The number of halogens is 4. The van der Waals surface area contributed by atoms with Crippen LogP contribution in [0, 0.1) is 5.82 Å². The van der Waals surface area contributed by atoms with Gasteiger partial charge in [-0.05, 0) is 47.7 Å².